The van der Waals surface area contributed by atoms with Gasteiger partial charge in [-0.3, -0.25) is 0 Å². The van der Waals surface area contributed by atoms with Crippen LogP contribution in [0.25, 0.3) is 0 Å². The number of fused-ring (bicyclic) bond motifs is 1. The number of halogens is 2. The fraction of sp³-hybridized carbons (Fsp3) is 0.500. The number of hydrogen-bond donors (Lipinski definition) is 1. The van der Waals surface area contributed by atoms with Gasteiger partial charge in [-0.15, -0.1) is 0 Å². The molecule has 2 atom stereocenters. The van der Waals surface area contributed by atoms with Crippen LogP contribution in [-0.2, 0) is 6.42 Å². The summed E-state index contributed by atoms with van der Waals surface area (Å²) in [5.41, 5.74) is 4.33. The first kappa shape index (κ1) is 24.7. The van der Waals surface area contributed by atoms with Gasteiger partial charge in [-0.1, -0.05) is 24.3 Å². The van der Waals surface area contributed by atoms with Crippen molar-refractivity contribution < 1.29 is 13.9 Å². The molecule has 2 aliphatic heterocycles. The van der Waals surface area contributed by atoms with Crippen molar-refractivity contribution in [1.82, 2.24) is 4.90 Å². The van der Waals surface area contributed by atoms with E-state index in [1.54, 1.807) is 24.3 Å². The largest absolute Gasteiger partial charge is 0.508 e. The molecule has 4 aliphatic rings. The lowest BCUT2D eigenvalue weighted by atomic mass is 9.68. The zero-order valence-electron chi connectivity index (χ0n) is 21.9. The lowest BCUT2D eigenvalue weighted by Gasteiger charge is -2.47. The van der Waals surface area contributed by atoms with Crippen LogP contribution in [0.1, 0.15) is 67.6 Å². The summed E-state index contributed by atoms with van der Waals surface area (Å²) in [5, 5.41) is 10.1. The molecule has 2 saturated heterocycles. The number of aryl methyl sites for hydroxylation is 1. The van der Waals surface area contributed by atoms with Crippen molar-refractivity contribution in [3.05, 3.63) is 82.5 Å². The standard InChI is InChI=1S/C32H38F2N2O/c1-35-15-11-32(12-16-35)13-17-36(18-14-32)24-20-28(33)31(29(34)21-24)30-26(22-5-3-2-4-6-22)9-7-23-19-25(37)8-10-27(23)30/h3,5-6,8,10,19-21,26,30,37H,2,4,7,9,11-18H2,1H3/t26-,30+/m1/s1. The Hall–Kier alpha value is -2.66. The van der Waals surface area contributed by atoms with Gasteiger partial charge in [0.05, 0.1) is 0 Å². The molecule has 0 radical (unpaired) electrons. The maximum absolute atomic E-state index is 16.0. The third-order valence-corrected chi connectivity index (χ3v) is 9.65. The van der Waals surface area contributed by atoms with E-state index in [2.05, 4.69) is 35.1 Å². The van der Waals surface area contributed by atoms with Crippen LogP contribution in [0.2, 0.25) is 0 Å². The molecule has 2 aromatic carbocycles. The second-order valence-corrected chi connectivity index (χ2v) is 11.8. The lowest BCUT2D eigenvalue weighted by molar-refractivity contribution is 0.0944. The molecule has 2 heterocycles. The molecule has 0 aromatic heterocycles. The average molecular weight is 505 g/mol. The summed E-state index contributed by atoms with van der Waals surface area (Å²) in [4.78, 5) is 4.58. The van der Waals surface area contributed by atoms with E-state index >= 15 is 8.78 Å². The molecule has 5 heteroatoms. The monoisotopic (exact) mass is 504 g/mol. The van der Waals surface area contributed by atoms with Crippen LogP contribution in [0.15, 0.2) is 54.1 Å². The van der Waals surface area contributed by atoms with Gasteiger partial charge in [0.2, 0.25) is 0 Å². The van der Waals surface area contributed by atoms with Crippen molar-refractivity contribution >= 4 is 5.69 Å². The van der Waals surface area contributed by atoms with Gasteiger partial charge in [-0.25, -0.2) is 8.78 Å². The second kappa shape index (κ2) is 9.90. The summed E-state index contributed by atoms with van der Waals surface area (Å²) in [6.07, 6.45) is 14.8. The summed E-state index contributed by atoms with van der Waals surface area (Å²) in [6, 6.07) is 8.42. The van der Waals surface area contributed by atoms with Crippen molar-refractivity contribution in [3.8, 4) is 5.75 Å². The van der Waals surface area contributed by atoms with Crippen molar-refractivity contribution in [2.75, 3.05) is 38.1 Å². The van der Waals surface area contributed by atoms with Crippen molar-refractivity contribution in [2.45, 2.75) is 57.3 Å². The first-order valence-corrected chi connectivity index (χ1v) is 14.0. The van der Waals surface area contributed by atoms with Gasteiger partial charge < -0.3 is 14.9 Å². The van der Waals surface area contributed by atoms with Crippen molar-refractivity contribution in [2.24, 2.45) is 11.3 Å². The normalized spacial score (nSPS) is 25.7. The fourth-order valence-corrected chi connectivity index (χ4v) is 7.31. The first-order valence-electron chi connectivity index (χ1n) is 14.0. The minimum atomic E-state index is -0.453. The van der Waals surface area contributed by atoms with E-state index in [0.29, 0.717) is 11.1 Å². The molecule has 2 fully saturated rings. The number of rotatable bonds is 3. The van der Waals surface area contributed by atoms with E-state index in [1.807, 2.05) is 6.07 Å². The van der Waals surface area contributed by atoms with Crippen LogP contribution in [0.3, 0.4) is 0 Å². The lowest BCUT2D eigenvalue weighted by Crippen LogP contribution is -2.46. The molecule has 0 saturated carbocycles. The second-order valence-electron chi connectivity index (χ2n) is 11.8. The maximum Gasteiger partial charge on any atom is 0.132 e. The van der Waals surface area contributed by atoms with E-state index in [1.165, 1.54) is 18.4 Å². The molecule has 1 N–H and O–H groups in total. The molecule has 2 aromatic rings. The van der Waals surface area contributed by atoms with E-state index in [0.717, 1.165) is 75.8 Å². The molecule has 1 spiro atoms. The predicted molar refractivity (Wildman–Crippen MR) is 145 cm³/mol. The number of benzene rings is 2. The fourth-order valence-electron chi connectivity index (χ4n) is 7.31. The van der Waals surface area contributed by atoms with Crippen LogP contribution < -0.4 is 4.90 Å². The molecule has 196 valence electrons. The highest BCUT2D eigenvalue weighted by Crippen LogP contribution is 2.48. The van der Waals surface area contributed by atoms with E-state index in [-0.39, 0.29) is 17.2 Å². The Bertz CT molecular complexity index is 1190. The third kappa shape index (κ3) is 4.71. The van der Waals surface area contributed by atoms with Gasteiger partial charge in [0.1, 0.15) is 17.4 Å². The van der Waals surface area contributed by atoms with Gasteiger partial charge in [0.25, 0.3) is 0 Å². The number of phenols is 1. The topological polar surface area (TPSA) is 26.7 Å². The van der Waals surface area contributed by atoms with Crippen LogP contribution in [0, 0.1) is 23.0 Å². The average Bonchev–Trinajstić information content (AvgIpc) is 2.91. The molecule has 37 heavy (non-hydrogen) atoms. The third-order valence-electron chi connectivity index (χ3n) is 9.65. The summed E-state index contributed by atoms with van der Waals surface area (Å²) in [7, 11) is 2.19. The van der Waals surface area contributed by atoms with Crippen LogP contribution >= 0.6 is 0 Å². The first-order chi connectivity index (χ1) is 17.9. The summed E-state index contributed by atoms with van der Waals surface area (Å²) >= 11 is 0. The zero-order valence-corrected chi connectivity index (χ0v) is 21.9. The molecule has 0 bridgehead atoms. The number of likely N-dealkylation sites (tertiary alicyclic amines) is 1. The molecule has 2 aliphatic carbocycles. The highest BCUT2D eigenvalue weighted by molar-refractivity contribution is 5.54. The Labute approximate surface area is 219 Å². The quantitative estimate of drug-likeness (QED) is 0.490. The number of anilines is 1. The summed E-state index contributed by atoms with van der Waals surface area (Å²) in [5.74, 6) is -1.09. The van der Waals surface area contributed by atoms with E-state index in [4.69, 9.17) is 0 Å². The number of hydrogen-bond acceptors (Lipinski definition) is 3. The van der Waals surface area contributed by atoms with Crippen molar-refractivity contribution in [1.29, 1.82) is 0 Å². The Balaban J connectivity index is 1.31. The molecule has 3 nitrogen and oxygen atoms in total. The zero-order chi connectivity index (χ0) is 25.6. The van der Waals surface area contributed by atoms with Crippen LogP contribution in [0.4, 0.5) is 14.5 Å². The van der Waals surface area contributed by atoms with Gasteiger partial charge in [-0.05, 0) is 124 Å². The van der Waals surface area contributed by atoms with Gasteiger partial charge in [0, 0.05) is 30.3 Å². The highest BCUT2D eigenvalue weighted by Gasteiger charge is 2.39. The Morgan fingerprint density at radius 2 is 1.62 bits per heavy atom. The number of piperidine rings is 2. The maximum atomic E-state index is 16.0. The number of aromatic hydroxyl groups is 1. The predicted octanol–water partition coefficient (Wildman–Crippen LogP) is 6.95. The van der Waals surface area contributed by atoms with Gasteiger partial charge in [-0.2, -0.15) is 0 Å². The Morgan fingerprint density at radius 1 is 0.919 bits per heavy atom. The van der Waals surface area contributed by atoms with E-state index < -0.39 is 17.6 Å². The highest BCUT2D eigenvalue weighted by atomic mass is 19.1. The van der Waals surface area contributed by atoms with Crippen molar-refractivity contribution in [3.63, 3.8) is 0 Å². The number of phenolic OH excluding ortho intramolecular Hbond substituents is 1. The molecule has 6 rings (SSSR count). The summed E-state index contributed by atoms with van der Waals surface area (Å²) in [6.45, 7) is 4.00. The molecule has 0 unspecified atom stereocenters. The number of nitrogens with zero attached hydrogens (tertiary/aromatic N) is 2. The minimum Gasteiger partial charge on any atom is -0.508 e. The van der Waals surface area contributed by atoms with E-state index in [9.17, 15) is 5.11 Å². The Kier molecular flexibility index (Phi) is 6.60. The smallest absolute Gasteiger partial charge is 0.132 e. The van der Waals surface area contributed by atoms with Crippen LogP contribution in [-0.4, -0.2) is 43.2 Å². The molecule has 0 amide bonds. The molecular weight excluding hydrogens is 466 g/mol. The summed E-state index contributed by atoms with van der Waals surface area (Å²) < 4.78 is 32.0. The SMILES string of the molecule is CN1CCC2(CC1)CCN(c1cc(F)c([C@@H]3c4ccc(O)cc4CC[C@@H]3C3=CCCC=C3)c(F)c1)CC2. The number of allylic oxidation sites excluding steroid dienone is 4. The van der Waals surface area contributed by atoms with Gasteiger partial charge >= 0.3 is 0 Å². The van der Waals surface area contributed by atoms with Crippen LogP contribution in [0.5, 0.6) is 5.75 Å². The van der Waals surface area contributed by atoms with Gasteiger partial charge in [0.15, 0.2) is 0 Å². The Morgan fingerprint density at radius 3 is 2.30 bits per heavy atom. The molecular formula is C32H38F2N2O. The minimum absolute atomic E-state index is 0.0164.